The average Bonchev–Trinajstić information content (AvgIpc) is 3.59. The quantitative estimate of drug-likeness (QED) is 0.169. The van der Waals surface area contributed by atoms with E-state index in [2.05, 4.69) is 39.0 Å². The first-order chi connectivity index (χ1) is 27.6. The summed E-state index contributed by atoms with van der Waals surface area (Å²) in [6, 6.07) is 46.6. The van der Waals surface area contributed by atoms with Gasteiger partial charge in [-0.05, 0) is 72.2 Å². The number of aromatic hydroxyl groups is 1. The van der Waals surface area contributed by atoms with E-state index in [9.17, 15) is 5.11 Å². The summed E-state index contributed by atoms with van der Waals surface area (Å²) in [7, 11) is 0. The van der Waals surface area contributed by atoms with E-state index >= 15 is 0 Å². The Kier molecular flexibility index (Phi) is 7.89. The normalized spacial score (nSPS) is 13.6. The van der Waals surface area contributed by atoms with Crippen molar-refractivity contribution in [2.45, 2.75) is 39.9 Å². The maximum Gasteiger partial charge on any atom is 0.148 e. The molecule has 8 aromatic rings. The smallest absolute Gasteiger partial charge is 0.148 e. The predicted molar refractivity (Wildman–Crippen MR) is 215 cm³/mol. The van der Waals surface area contributed by atoms with Gasteiger partial charge in [0.2, 0.25) is 0 Å². The fraction of sp³-hybridized carbons (Fsp3) is 0.125. The van der Waals surface area contributed by atoms with Crippen molar-refractivity contribution in [3.05, 3.63) is 168 Å². The Balaban J connectivity index is 0.00000528. The standard InChI is InChI=1S/C48H40N3O.Pt/c1-31-18-21-33(22-19-31)35-24-25-49-42(30-35)37-27-36(28-38(29-37)48(3,4)5)39-15-11-16-44-46(39)50-47(40-14-9-10-17-45(40)52)51(44)43-23-20-32(2)26-41(43)34-12-7-6-8-13-34;/h6-26,28-30,52H,1-5H3;/q-1;/i1D3,2D3;. The molecular weight excluding hydrogens is 830 g/mol. The van der Waals surface area contributed by atoms with E-state index in [-0.39, 0.29) is 43.4 Å². The van der Waals surface area contributed by atoms with Gasteiger partial charge >= 0.3 is 0 Å². The number of hydrogen-bond donors (Lipinski definition) is 1. The maximum absolute atomic E-state index is 11.3. The van der Waals surface area contributed by atoms with Gasteiger partial charge in [-0.15, -0.1) is 29.3 Å². The Bertz CT molecular complexity index is 2810. The summed E-state index contributed by atoms with van der Waals surface area (Å²) in [5.41, 5.74) is 10.4. The summed E-state index contributed by atoms with van der Waals surface area (Å²) in [4.78, 5) is 10.1. The summed E-state index contributed by atoms with van der Waals surface area (Å²) in [6.45, 7) is 1.97. The van der Waals surface area contributed by atoms with E-state index in [4.69, 9.17) is 18.2 Å². The van der Waals surface area contributed by atoms with Crippen LogP contribution in [-0.4, -0.2) is 19.6 Å². The predicted octanol–water partition coefficient (Wildman–Crippen LogP) is 12.2. The molecule has 8 rings (SSSR count). The Morgan fingerprint density at radius 1 is 0.642 bits per heavy atom. The molecule has 6 aromatic carbocycles. The molecule has 0 bridgehead atoms. The third kappa shape index (κ3) is 7.00. The molecule has 0 aliphatic heterocycles. The van der Waals surface area contributed by atoms with Gasteiger partial charge in [-0.1, -0.05) is 134 Å². The van der Waals surface area contributed by atoms with Gasteiger partial charge in [0.15, 0.2) is 0 Å². The van der Waals surface area contributed by atoms with Gasteiger partial charge in [0, 0.05) is 46.7 Å². The van der Waals surface area contributed by atoms with E-state index in [1.54, 1.807) is 42.6 Å². The molecule has 0 aliphatic rings. The monoisotopic (exact) mass is 875 g/mol. The topological polar surface area (TPSA) is 50.9 Å². The third-order valence-electron chi connectivity index (χ3n) is 9.43. The largest absolute Gasteiger partial charge is 0.507 e. The van der Waals surface area contributed by atoms with Crippen molar-refractivity contribution in [2.75, 3.05) is 0 Å². The summed E-state index contributed by atoms with van der Waals surface area (Å²) >= 11 is 0. The van der Waals surface area contributed by atoms with Crippen LogP contribution < -0.4 is 0 Å². The molecule has 0 fully saturated rings. The molecule has 0 amide bonds. The first kappa shape index (κ1) is 28.9. The molecule has 0 spiro atoms. The summed E-state index contributed by atoms with van der Waals surface area (Å²) in [5, 5.41) is 11.3. The van der Waals surface area contributed by atoms with Gasteiger partial charge in [0.25, 0.3) is 0 Å². The molecule has 0 atom stereocenters. The zero-order valence-corrected chi connectivity index (χ0v) is 31.7. The minimum Gasteiger partial charge on any atom is -0.507 e. The minimum absolute atomic E-state index is 0. The van der Waals surface area contributed by atoms with Crippen LogP contribution in [-0.2, 0) is 26.5 Å². The Morgan fingerprint density at radius 2 is 1.36 bits per heavy atom. The minimum atomic E-state index is -2.32. The number of pyridine rings is 1. The molecular formula is C48H40N3OPt-. The van der Waals surface area contributed by atoms with Crippen LogP contribution in [0, 0.1) is 19.8 Å². The first-order valence-electron chi connectivity index (χ1n) is 20.2. The van der Waals surface area contributed by atoms with Gasteiger partial charge in [-0.3, -0.25) is 9.55 Å². The van der Waals surface area contributed by atoms with Crippen LogP contribution in [0.2, 0.25) is 0 Å². The first-order valence-corrected chi connectivity index (χ1v) is 17.2. The number of benzene rings is 6. The molecule has 2 heterocycles. The van der Waals surface area contributed by atoms with Crippen LogP contribution in [0.3, 0.4) is 0 Å². The number of aromatic nitrogens is 3. The van der Waals surface area contributed by atoms with E-state index in [1.807, 2.05) is 95.6 Å². The number of aryl methyl sites for hydroxylation is 2. The molecule has 264 valence electrons. The molecule has 0 radical (unpaired) electrons. The summed E-state index contributed by atoms with van der Waals surface area (Å²) in [5.74, 6) is 0.550. The van der Waals surface area contributed by atoms with Gasteiger partial charge < -0.3 is 5.11 Å². The number of phenols is 1. The fourth-order valence-corrected chi connectivity index (χ4v) is 6.69. The van der Waals surface area contributed by atoms with Crippen LogP contribution in [0.1, 0.15) is 45.7 Å². The van der Waals surface area contributed by atoms with Crippen LogP contribution in [0.5, 0.6) is 5.75 Å². The molecule has 53 heavy (non-hydrogen) atoms. The molecule has 5 heteroatoms. The van der Waals surface area contributed by atoms with Gasteiger partial charge in [-0.25, -0.2) is 4.98 Å². The fourth-order valence-electron chi connectivity index (χ4n) is 6.69. The van der Waals surface area contributed by atoms with Crippen molar-refractivity contribution >= 4 is 11.0 Å². The maximum atomic E-state index is 11.3. The molecule has 0 unspecified atom stereocenters. The van der Waals surface area contributed by atoms with Crippen molar-refractivity contribution in [1.82, 2.24) is 14.5 Å². The average molecular weight is 876 g/mol. The van der Waals surface area contributed by atoms with E-state index in [0.29, 0.717) is 33.8 Å². The van der Waals surface area contributed by atoms with Crippen molar-refractivity contribution < 1.29 is 34.4 Å². The molecule has 1 N–H and O–H groups in total. The summed E-state index contributed by atoms with van der Waals surface area (Å²) < 4.78 is 50.0. The summed E-state index contributed by atoms with van der Waals surface area (Å²) in [6.07, 6.45) is 1.75. The number of para-hydroxylation sites is 2. The zero-order valence-electron chi connectivity index (χ0n) is 35.5. The number of imidazole rings is 1. The Morgan fingerprint density at radius 3 is 2.11 bits per heavy atom. The third-order valence-corrected chi connectivity index (χ3v) is 9.43. The second-order valence-corrected chi connectivity index (χ2v) is 14.0. The number of hydrogen-bond acceptors (Lipinski definition) is 3. The van der Waals surface area contributed by atoms with Crippen LogP contribution in [0.25, 0.3) is 72.7 Å². The van der Waals surface area contributed by atoms with Crippen LogP contribution >= 0.6 is 0 Å². The number of rotatable bonds is 6. The van der Waals surface area contributed by atoms with Crippen molar-refractivity contribution in [3.63, 3.8) is 0 Å². The van der Waals surface area contributed by atoms with Crippen LogP contribution in [0.4, 0.5) is 0 Å². The number of fused-ring (bicyclic) bond motifs is 1. The molecule has 0 aliphatic carbocycles. The van der Waals surface area contributed by atoms with Gasteiger partial charge in [-0.2, -0.15) is 0 Å². The molecule has 0 saturated carbocycles. The second kappa shape index (κ2) is 14.5. The Hall–Kier alpha value is -5.57. The van der Waals surface area contributed by atoms with E-state index < -0.39 is 13.7 Å². The van der Waals surface area contributed by atoms with E-state index in [1.165, 1.54) is 0 Å². The number of nitrogens with zero attached hydrogens (tertiary/aromatic N) is 3. The number of phenolic OH excluding ortho intramolecular Hbond substituents is 1. The molecule has 4 nitrogen and oxygen atoms in total. The molecule has 0 saturated heterocycles. The van der Waals surface area contributed by atoms with Crippen molar-refractivity contribution in [2.24, 2.45) is 0 Å². The molecule has 2 aromatic heterocycles. The zero-order chi connectivity index (χ0) is 41.0. The van der Waals surface area contributed by atoms with Crippen molar-refractivity contribution in [1.29, 1.82) is 0 Å². The van der Waals surface area contributed by atoms with Crippen LogP contribution in [0.15, 0.2) is 146 Å². The van der Waals surface area contributed by atoms with Gasteiger partial charge in [0.1, 0.15) is 11.6 Å². The van der Waals surface area contributed by atoms with E-state index in [0.717, 1.165) is 44.5 Å². The second-order valence-electron chi connectivity index (χ2n) is 14.0. The van der Waals surface area contributed by atoms with Gasteiger partial charge in [0.05, 0.1) is 22.3 Å². The Labute approximate surface area is 334 Å². The van der Waals surface area contributed by atoms with Crippen molar-refractivity contribution in [3.8, 4) is 67.5 Å². The SMILES string of the molecule is [2H]C([2H])([2H])c1ccc(-c2ccnc(-c3[c-]c(-c4cccc5c4nc(-c4ccccc4O)n5-c4ccc(C([2H])([2H])[2H])cc4-c4ccccc4)cc(C(C)(C)C)c3)c2)cc1.[Pt].